The molecule has 0 radical (unpaired) electrons. The normalized spacial score (nSPS) is 11.2. The Bertz CT molecular complexity index is 758. The molecule has 18 heavy (non-hydrogen) atoms. The van der Waals surface area contributed by atoms with Crippen LogP contribution in [0.1, 0.15) is 17.3 Å². The maximum Gasteiger partial charge on any atom is 0.150 e. The van der Waals surface area contributed by atoms with Crippen molar-refractivity contribution in [1.29, 1.82) is 0 Å². The molecule has 2 aromatic carbocycles. The summed E-state index contributed by atoms with van der Waals surface area (Å²) in [7, 11) is 0. The van der Waals surface area contributed by atoms with Gasteiger partial charge in [-0.15, -0.1) is 0 Å². The van der Waals surface area contributed by atoms with Crippen LogP contribution in [0.25, 0.3) is 21.8 Å². The minimum Gasteiger partial charge on any atom is -0.338 e. The predicted molar refractivity (Wildman–Crippen MR) is 70.5 cm³/mol. The van der Waals surface area contributed by atoms with Gasteiger partial charge in [-0.05, 0) is 31.2 Å². The van der Waals surface area contributed by atoms with Crippen LogP contribution in [0.4, 0.5) is 4.39 Å². The van der Waals surface area contributed by atoms with Crippen molar-refractivity contribution in [2.45, 2.75) is 13.5 Å². The second kappa shape index (κ2) is 3.95. The largest absolute Gasteiger partial charge is 0.338 e. The molecule has 90 valence electrons. The molecule has 0 bridgehead atoms. The lowest BCUT2D eigenvalue weighted by Crippen LogP contribution is -1.95. The Morgan fingerprint density at radius 3 is 2.78 bits per heavy atom. The molecule has 0 aliphatic rings. The fourth-order valence-corrected chi connectivity index (χ4v) is 2.53. The van der Waals surface area contributed by atoms with Crippen molar-refractivity contribution in [3.8, 4) is 0 Å². The molecule has 0 fully saturated rings. The summed E-state index contributed by atoms with van der Waals surface area (Å²) in [6.07, 6.45) is 0.813. The second-order valence-electron chi connectivity index (χ2n) is 4.27. The Morgan fingerprint density at radius 2 is 2.06 bits per heavy atom. The van der Waals surface area contributed by atoms with Crippen LogP contribution < -0.4 is 0 Å². The topological polar surface area (TPSA) is 22.0 Å². The molecule has 3 rings (SSSR count). The fourth-order valence-electron chi connectivity index (χ4n) is 2.53. The van der Waals surface area contributed by atoms with Gasteiger partial charge in [0.15, 0.2) is 0 Å². The van der Waals surface area contributed by atoms with Gasteiger partial charge in [0.2, 0.25) is 0 Å². The first-order valence-electron chi connectivity index (χ1n) is 5.92. The lowest BCUT2D eigenvalue weighted by molar-refractivity contribution is 0.112. The molecule has 0 saturated carbocycles. The molecular formula is C15H12FNO. The third-order valence-corrected chi connectivity index (χ3v) is 3.31. The molecule has 2 nitrogen and oxygen atoms in total. The molecule has 0 amide bonds. The number of fused-ring (bicyclic) bond motifs is 3. The summed E-state index contributed by atoms with van der Waals surface area (Å²) in [6, 6.07) is 10.5. The van der Waals surface area contributed by atoms with Gasteiger partial charge >= 0.3 is 0 Å². The average molecular weight is 241 g/mol. The van der Waals surface area contributed by atoms with Gasteiger partial charge in [0.05, 0.1) is 5.52 Å². The highest BCUT2D eigenvalue weighted by Gasteiger charge is 2.12. The van der Waals surface area contributed by atoms with E-state index >= 15 is 0 Å². The van der Waals surface area contributed by atoms with Crippen LogP contribution in [0.3, 0.4) is 0 Å². The lowest BCUT2D eigenvalue weighted by Gasteiger charge is -2.03. The molecule has 1 aromatic heterocycles. The SMILES string of the molecule is CCn1c2ccc(C=O)cc2c2cccc(F)c21. The van der Waals surface area contributed by atoms with Crippen molar-refractivity contribution in [1.82, 2.24) is 4.57 Å². The Kier molecular flexibility index (Phi) is 2.40. The minimum absolute atomic E-state index is 0.224. The number of rotatable bonds is 2. The van der Waals surface area contributed by atoms with E-state index in [2.05, 4.69) is 0 Å². The van der Waals surface area contributed by atoms with Crippen LogP contribution >= 0.6 is 0 Å². The maximum atomic E-state index is 14.0. The van der Waals surface area contributed by atoms with Crippen LogP contribution in [-0.2, 0) is 6.54 Å². The number of hydrogen-bond acceptors (Lipinski definition) is 1. The molecular weight excluding hydrogens is 229 g/mol. The first-order valence-corrected chi connectivity index (χ1v) is 5.92. The number of halogens is 1. The van der Waals surface area contributed by atoms with Crippen molar-refractivity contribution >= 4 is 28.1 Å². The Labute approximate surface area is 104 Å². The van der Waals surface area contributed by atoms with E-state index in [9.17, 15) is 9.18 Å². The number of aryl methyl sites for hydroxylation is 1. The summed E-state index contributed by atoms with van der Waals surface area (Å²) in [4.78, 5) is 10.8. The van der Waals surface area contributed by atoms with Crippen molar-refractivity contribution in [3.63, 3.8) is 0 Å². The number of nitrogens with zero attached hydrogens (tertiary/aromatic N) is 1. The summed E-state index contributed by atoms with van der Waals surface area (Å²) < 4.78 is 15.9. The van der Waals surface area contributed by atoms with Gasteiger partial charge in [0, 0.05) is 28.4 Å². The van der Waals surface area contributed by atoms with Gasteiger partial charge in [0.25, 0.3) is 0 Å². The molecule has 0 atom stereocenters. The summed E-state index contributed by atoms with van der Waals surface area (Å²) in [6.45, 7) is 2.68. The average Bonchev–Trinajstić information content (AvgIpc) is 2.73. The highest BCUT2D eigenvalue weighted by molar-refractivity contribution is 6.09. The van der Waals surface area contributed by atoms with E-state index in [1.807, 2.05) is 29.7 Å². The van der Waals surface area contributed by atoms with E-state index in [0.717, 1.165) is 22.6 Å². The molecule has 0 saturated heterocycles. The van der Waals surface area contributed by atoms with Crippen LogP contribution in [0.2, 0.25) is 0 Å². The van der Waals surface area contributed by atoms with Crippen LogP contribution in [-0.4, -0.2) is 10.9 Å². The smallest absolute Gasteiger partial charge is 0.150 e. The Morgan fingerprint density at radius 1 is 1.22 bits per heavy atom. The van der Waals surface area contributed by atoms with E-state index < -0.39 is 0 Å². The van der Waals surface area contributed by atoms with Crippen LogP contribution in [0.5, 0.6) is 0 Å². The molecule has 3 heteroatoms. The minimum atomic E-state index is -0.224. The number of carbonyl (C=O) groups is 1. The van der Waals surface area contributed by atoms with Crippen molar-refractivity contribution < 1.29 is 9.18 Å². The van der Waals surface area contributed by atoms with Gasteiger partial charge in [-0.3, -0.25) is 4.79 Å². The molecule has 0 unspecified atom stereocenters. The second-order valence-corrected chi connectivity index (χ2v) is 4.27. The zero-order valence-electron chi connectivity index (χ0n) is 9.98. The van der Waals surface area contributed by atoms with Gasteiger partial charge in [-0.25, -0.2) is 4.39 Å². The standard InChI is InChI=1S/C15H12FNO/c1-2-17-14-7-6-10(9-18)8-12(14)11-4-3-5-13(16)15(11)17/h3-9H,2H2,1H3. The zero-order chi connectivity index (χ0) is 12.7. The quantitative estimate of drug-likeness (QED) is 0.626. The van der Waals surface area contributed by atoms with Crippen molar-refractivity contribution in [2.24, 2.45) is 0 Å². The monoisotopic (exact) mass is 241 g/mol. The van der Waals surface area contributed by atoms with E-state index in [1.165, 1.54) is 6.07 Å². The zero-order valence-corrected chi connectivity index (χ0v) is 9.98. The summed E-state index contributed by atoms with van der Waals surface area (Å²) in [5.41, 5.74) is 2.18. The number of aromatic nitrogens is 1. The molecule has 0 aliphatic carbocycles. The molecule has 3 aromatic rings. The van der Waals surface area contributed by atoms with Crippen LogP contribution in [0, 0.1) is 5.82 Å². The third kappa shape index (κ3) is 1.37. The first-order chi connectivity index (χ1) is 8.76. The number of aldehydes is 1. The van der Waals surface area contributed by atoms with Gasteiger partial charge < -0.3 is 4.57 Å². The van der Waals surface area contributed by atoms with E-state index in [1.54, 1.807) is 12.1 Å². The highest BCUT2D eigenvalue weighted by Crippen LogP contribution is 2.31. The van der Waals surface area contributed by atoms with Gasteiger partial charge in [-0.1, -0.05) is 12.1 Å². The van der Waals surface area contributed by atoms with E-state index in [0.29, 0.717) is 17.6 Å². The van der Waals surface area contributed by atoms with E-state index in [4.69, 9.17) is 0 Å². The molecule has 0 aliphatic heterocycles. The molecule has 0 N–H and O–H groups in total. The van der Waals surface area contributed by atoms with Crippen molar-refractivity contribution in [2.75, 3.05) is 0 Å². The van der Waals surface area contributed by atoms with Gasteiger partial charge in [0.1, 0.15) is 12.1 Å². The van der Waals surface area contributed by atoms with Crippen molar-refractivity contribution in [3.05, 3.63) is 47.8 Å². The summed E-state index contributed by atoms with van der Waals surface area (Å²) in [5, 5.41) is 1.78. The first kappa shape index (κ1) is 11.0. The number of hydrogen-bond donors (Lipinski definition) is 0. The maximum absolute atomic E-state index is 14.0. The Hall–Kier alpha value is -2.16. The number of benzene rings is 2. The van der Waals surface area contributed by atoms with E-state index in [-0.39, 0.29) is 5.82 Å². The third-order valence-electron chi connectivity index (χ3n) is 3.31. The number of carbonyl (C=O) groups excluding carboxylic acids is 1. The molecule has 0 spiro atoms. The lowest BCUT2D eigenvalue weighted by atomic mass is 10.1. The summed E-state index contributed by atoms with van der Waals surface area (Å²) >= 11 is 0. The van der Waals surface area contributed by atoms with Crippen LogP contribution in [0.15, 0.2) is 36.4 Å². The Balaban J connectivity index is 2.57. The predicted octanol–water partition coefficient (Wildman–Crippen LogP) is 3.77. The summed E-state index contributed by atoms with van der Waals surface area (Å²) in [5.74, 6) is -0.224. The molecule has 1 heterocycles. The highest BCUT2D eigenvalue weighted by atomic mass is 19.1. The van der Waals surface area contributed by atoms with Gasteiger partial charge in [-0.2, -0.15) is 0 Å². The fraction of sp³-hybridized carbons (Fsp3) is 0.133. The number of para-hydroxylation sites is 1.